The lowest BCUT2D eigenvalue weighted by Gasteiger charge is -2.01. The number of nitrogens with zero attached hydrogens (tertiary/aromatic N) is 2. The summed E-state index contributed by atoms with van der Waals surface area (Å²) >= 11 is 0. The zero-order valence-corrected chi connectivity index (χ0v) is 11.1. The first-order valence-electron chi connectivity index (χ1n) is 5.43. The molecule has 1 heterocycles. The van der Waals surface area contributed by atoms with Crippen molar-refractivity contribution in [1.29, 1.82) is 0 Å². The summed E-state index contributed by atoms with van der Waals surface area (Å²) in [6.07, 6.45) is 0. The van der Waals surface area contributed by atoms with Gasteiger partial charge in [-0.3, -0.25) is 10.1 Å². The maximum absolute atomic E-state index is 12.2. The molecule has 0 bridgehead atoms. The van der Waals surface area contributed by atoms with Gasteiger partial charge in [0.2, 0.25) is 20.8 Å². The van der Waals surface area contributed by atoms with Gasteiger partial charge in [0.15, 0.2) is 5.76 Å². The predicted octanol–water partition coefficient (Wildman–Crippen LogP) is 1.12. The molecule has 21 heavy (non-hydrogen) atoms. The van der Waals surface area contributed by atoms with Gasteiger partial charge in [0.1, 0.15) is 0 Å². The SMILES string of the molecule is NC(=NO)c1ccc(S(=O)(=O)c2ccc([N+](=O)[O-])cc2)o1. The van der Waals surface area contributed by atoms with E-state index in [1.54, 1.807) is 0 Å². The van der Waals surface area contributed by atoms with Crippen LogP contribution >= 0.6 is 0 Å². The fourth-order valence-electron chi connectivity index (χ4n) is 1.51. The Morgan fingerprint density at radius 1 is 1.24 bits per heavy atom. The van der Waals surface area contributed by atoms with Crippen molar-refractivity contribution in [2.24, 2.45) is 10.9 Å². The Labute approximate surface area is 118 Å². The van der Waals surface area contributed by atoms with Gasteiger partial charge in [0, 0.05) is 12.1 Å². The molecular weight excluding hydrogens is 302 g/mol. The predicted molar refractivity (Wildman–Crippen MR) is 69.8 cm³/mol. The molecule has 1 aromatic carbocycles. The summed E-state index contributed by atoms with van der Waals surface area (Å²) in [6, 6.07) is 6.70. The van der Waals surface area contributed by atoms with Gasteiger partial charge in [0.05, 0.1) is 9.82 Å². The van der Waals surface area contributed by atoms with Gasteiger partial charge < -0.3 is 15.4 Å². The normalized spacial score (nSPS) is 12.3. The zero-order valence-electron chi connectivity index (χ0n) is 10.3. The maximum atomic E-state index is 12.2. The smallest absolute Gasteiger partial charge is 0.269 e. The van der Waals surface area contributed by atoms with E-state index in [9.17, 15) is 18.5 Å². The Bertz CT molecular complexity index is 807. The minimum atomic E-state index is -3.98. The molecule has 0 atom stereocenters. The van der Waals surface area contributed by atoms with Crippen LogP contribution in [0.25, 0.3) is 0 Å². The number of benzene rings is 1. The zero-order chi connectivity index (χ0) is 15.6. The first kappa shape index (κ1) is 14.5. The lowest BCUT2D eigenvalue weighted by atomic mass is 10.3. The van der Waals surface area contributed by atoms with Gasteiger partial charge in [-0.1, -0.05) is 5.16 Å². The van der Waals surface area contributed by atoms with Crippen LogP contribution in [0, 0.1) is 10.1 Å². The first-order valence-corrected chi connectivity index (χ1v) is 6.92. The molecule has 10 heteroatoms. The number of oxime groups is 1. The molecule has 3 N–H and O–H groups in total. The van der Waals surface area contributed by atoms with E-state index in [0.29, 0.717) is 0 Å². The largest absolute Gasteiger partial charge is 0.441 e. The van der Waals surface area contributed by atoms with E-state index in [0.717, 1.165) is 30.3 Å². The molecule has 0 radical (unpaired) electrons. The fraction of sp³-hybridized carbons (Fsp3) is 0. The van der Waals surface area contributed by atoms with E-state index in [2.05, 4.69) is 5.16 Å². The van der Waals surface area contributed by atoms with Gasteiger partial charge in [-0.2, -0.15) is 0 Å². The second-order valence-corrected chi connectivity index (χ2v) is 5.74. The number of amidine groups is 1. The van der Waals surface area contributed by atoms with Crippen LogP contribution in [-0.4, -0.2) is 24.4 Å². The second kappa shape index (κ2) is 5.25. The van der Waals surface area contributed by atoms with E-state index < -0.39 is 19.9 Å². The molecule has 0 unspecified atom stereocenters. The summed E-state index contributed by atoms with van der Waals surface area (Å²) in [5.41, 5.74) is 5.05. The Hall–Kier alpha value is -2.88. The van der Waals surface area contributed by atoms with E-state index in [1.165, 1.54) is 6.07 Å². The van der Waals surface area contributed by atoms with Crippen molar-refractivity contribution < 1.29 is 23.0 Å². The lowest BCUT2D eigenvalue weighted by molar-refractivity contribution is -0.384. The Morgan fingerprint density at radius 3 is 2.38 bits per heavy atom. The average Bonchev–Trinajstić information content (AvgIpc) is 2.97. The van der Waals surface area contributed by atoms with Gasteiger partial charge in [-0.05, 0) is 24.3 Å². The Kier molecular flexibility index (Phi) is 3.63. The van der Waals surface area contributed by atoms with Crippen molar-refractivity contribution in [3.8, 4) is 0 Å². The first-order chi connectivity index (χ1) is 9.86. The number of nitrogens with two attached hydrogens (primary N) is 1. The molecule has 9 nitrogen and oxygen atoms in total. The molecule has 2 rings (SSSR count). The van der Waals surface area contributed by atoms with Crippen molar-refractivity contribution >= 4 is 21.4 Å². The van der Waals surface area contributed by atoms with Gasteiger partial charge >= 0.3 is 0 Å². The third kappa shape index (κ3) is 2.69. The van der Waals surface area contributed by atoms with Crippen LogP contribution in [0.15, 0.2) is 56.0 Å². The maximum Gasteiger partial charge on any atom is 0.269 e. The topological polar surface area (TPSA) is 149 Å². The number of hydrogen-bond acceptors (Lipinski definition) is 7. The number of sulfone groups is 1. The van der Waals surface area contributed by atoms with E-state index >= 15 is 0 Å². The summed E-state index contributed by atoms with van der Waals surface area (Å²) in [6.45, 7) is 0. The second-order valence-electron chi connectivity index (χ2n) is 3.86. The van der Waals surface area contributed by atoms with Crippen LogP contribution in [0.4, 0.5) is 5.69 Å². The quantitative estimate of drug-likeness (QED) is 0.282. The fourth-order valence-corrected chi connectivity index (χ4v) is 2.69. The average molecular weight is 311 g/mol. The van der Waals surface area contributed by atoms with Crippen molar-refractivity contribution in [1.82, 2.24) is 0 Å². The lowest BCUT2D eigenvalue weighted by Crippen LogP contribution is -2.11. The van der Waals surface area contributed by atoms with E-state index in [1.807, 2.05) is 0 Å². The summed E-state index contributed by atoms with van der Waals surface area (Å²) in [4.78, 5) is 9.72. The number of nitro benzene ring substituents is 1. The van der Waals surface area contributed by atoms with Gasteiger partial charge in [-0.25, -0.2) is 8.42 Å². The molecule has 0 aliphatic heterocycles. The van der Waals surface area contributed by atoms with Crippen LogP contribution in [0.2, 0.25) is 0 Å². The number of hydrogen-bond donors (Lipinski definition) is 2. The number of nitro groups is 1. The molecule has 0 aliphatic rings. The van der Waals surface area contributed by atoms with Crippen LogP contribution in [0.5, 0.6) is 0 Å². The van der Waals surface area contributed by atoms with Crippen LogP contribution in [0.3, 0.4) is 0 Å². The van der Waals surface area contributed by atoms with Gasteiger partial charge in [-0.15, -0.1) is 0 Å². The highest BCUT2D eigenvalue weighted by atomic mass is 32.2. The highest BCUT2D eigenvalue weighted by molar-refractivity contribution is 7.91. The molecule has 0 fully saturated rings. The molecule has 110 valence electrons. The highest BCUT2D eigenvalue weighted by Gasteiger charge is 2.23. The molecule has 1 aromatic heterocycles. The summed E-state index contributed by atoms with van der Waals surface area (Å²) < 4.78 is 29.5. The number of rotatable bonds is 4. The molecule has 2 aromatic rings. The van der Waals surface area contributed by atoms with E-state index in [-0.39, 0.29) is 22.2 Å². The molecule has 0 amide bonds. The standard InChI is InChI=1S/C11H9N3O6S/c12-11(13-15)9-5-6-10(20-9)21(18,19)8-3-1-7(2-4-8)14(16)17/h1-6,15H,(H2,12,13). The highest BCUT2D eigenvalue weighted by Crippen LogP contribution is 2.24. The minimum Gasteiger partial charge on any atom is -0.441 e. The van der Waals surface area contributed by atoms with Gasteiger partial charge in [0.25, 0.3) is 5.69 Å². The third-order valence-corrected chi connectivity index (χ3v) is 4.21. The van der Waals surface area contributed by atoms with Crippen molar-refractivity contribution in [2.45, 2.75) is 9.99 Å². The number of non-ortho nitro benzene ring substituents is 1. The molecular formula is C11H9N3O6S. The van der Waals surface area contributed by atoms with Crippen molar-refractivity contribution in [3.63, 3.8) is 0 Å². The van der Waals surface area contributed by atoms with Crippen LogP contribution in [0.1, 0.15) is 5.76 Å². The Balaban J connectivity index is 2.42. The molecule has 0 saturated carbocycles. The summed E-state index contributed by atoms with van der Waals surface area (Å²) in [7, 11) is -3.98. The summed E-state index contributed by atoms with van der Waals surface area (Å²) in [5, 5.41) is 21.3. The monoisotopic (exact) mass is 311 g/mol. The third-order valence-electron chi connectivity index (χ3n) is 2.56. The van der Waals surface area contributed by atoms with Crippen molar-refractivity contribution in [2.75, 3.05) is 0 Å². The van der Waals surface area contributed by atoms with Crippen molar-refractivity contribution in [3.05, 3.63) is 52.3 Å². The van der Waals surface area contributed by atoms with Crippen LogP contribution in [-0.2, 0) is 9.84 Å². The molecule has 0 spiro atoms. The Morgan fingerprint density at radius 2 is 1.86 bits per heavy atom. The molecule has 0 saturated heterocycles. The van der Waals surface area contributed by atoms with E-state index in [4.69, 9.17) is 15.4 Å². The minimum absolute atomic E-state index is 0.113. The number of furan rings is 1. The van der Waals surface area contributed by atoms with Crippen LogP contribution < -0.4 is 5.73 Å². The molecule has 0 aliphatic carbocycles. The summed E-state index contributed by atoms with van der Waals surface area (Å²) in [5.74, 6) is -0.488.